The first-order valence-electron chi connectivity index (χ1n) is 6.53. The molecule has 1 saturated heterocycles. The standard InChI is InChI=1S/C14H17NO5S/c1-9-3-4-10(7-12(9)21(2,19)20)13(16)15-6-5-11(8-15)14(17)18/h3-4,7,11H,5-6,8H2,1-2H3,(H,17,18)/t11-/m0/s1. The number of aliphatic carboxylic acids is 1. The molecule has 1 heterocycles. The minimum absolute atomic E-state index is 0.127. The normalized spacial score (nSPS) is 18.8. The summed E-state index contributed by atoms with van der Waals surface area (Å²) in [5, 5.41) is 8.95. The smallest absolute Gasteiger partial charge is 0.308 e. The second-order valence-corrected chi connectivity index (χ2v) is 7.31. The fourth-order valence-corrected chi connectivity index (χ4v) is 3.46. The van der Waals surface area contributed by atoms with Crippen molar-refractivity contribution in [3.63, 3.8) is 0 Å². The van der Waals surface area contributed by atoms with Crippen LogP contribution in [-0.4, -0.2) is 49.6 Å². The third kappa shape index (κ3) is 3.24. The van der Waals surface area contributed by atoms with E-state index in [1.165, 1.54) is 11.0 Å². The zero-order chi connectivity index (χ0) is 15.8. The van der Waals surface area contributed by atoms with E-state index in [2.05, 4.69) is 0 Å². The molecule has 21 heavy (non-hydrogen) atoms. The maximum atomic E-state index is 12.3. The Morgan fingerprint density at radius 1 is 1.33 bits per heavy atom. The quantitative estimate of drug-likeness (QED) is 0.897. The first-order chi connectivity index (χ1) is 9.70. The molecule has 1 aliphatic rings. The number of aryl methyl sites for hydroxylation is 1. The van der Waals surface area contributed by atoms with Gasteiger partial charge in [-0.1, -0.05) is 6.07 Å². The Morgan fingerprint density at radius 3 is 2.52 bits per heavy atom. The first-order valence-corrected chi connectivity index (χ1v) is 8.42. The van der Waals surface area contributed by atoms with Crippen molar-refractivity contribution < 1.29 is 23.1 Å². The number of hydrogen-bond acceptors (Lipinski definition) is 4. The highest BCUT2D eigenvalue weighted by Gasteiger charge is 2.31. The van der Waals surface area contributed by atoms with Gasteiger partial charge in [0, 0.05) is 24.9 Å². The van der Waals surface area contributed by atoms with Gasteiger partial charge < -0.3 is 10.0 Å². The predicted octanol–water partition coefficient (Wildman–Crippen LogP) is 0.945. The summed E-state index contributed by atoms with van der Waals surface area (Å²) in [4.78, 5) is 24.8. The highest BCUT2D eigenvalue weighted by Crippen LogP contribution is 2.22. The molecule has 2 rings (SSSR count). The van der Waals surface area contributed by atoms with Gasteiger partial charge >= 0.3 is 5.97 Å². The largest absolute Gasteiger partial charge is 0.481 e. The van der Waals surface area contributed by atoms with E-state index in [-0.39, 0.29) is 22.9 Å². The van der Waals surface area contributed by atoms with Crippen LogP contribution in [0, 0.1) is 12.8 Å². The zero-order valence-corrected chi connectivity index (χ0v) is 12.7. The summed E-state index contributed by atoms with van der Waals surface area (Å²) in [6.07, 6.45) is 1.52. The molecule has 1 aliphatic heterocycles. The van der Waals surface area contributed by atoms with Gasteiger partial charge in [0.1, 0.15) is 0 Å². The van der Waals surface area contributed by atoms with E-state index in [1.807, 2.05) is 0 Å². The molecule has 1 fully saturated rings. The van der Waals surface area contributed by atoms with E-state index in [0.717, 1.165) is 6.26 Å². The van der Waals surface area contributed by atoms with E-state index in [1.54, 1.807) is 19.1 Å². The van der Waals surface area contributed by atoms with Crippen LogP contribution in [0.4, 0.5) is 0 Å². The van der Waals surface area contributed by atoms with Crippen molar-refractivity contribution in [2.75, 3.05) is 19.3 Å². The van der Waals surface area contributed by atoms with Crippen molar-refractivity contribution >= 4 is 21.7 Å². The number of carboxylic acids is 1. The molecule has 1 N–H and O–H groups in total. The first kappa shape index (κ1) is 15.5. The molecule has 1 atom stereocenters. The Bertz CT molecular complexity index is 695. The summed E-state index contributed by atoms with van der Waals surface area (Å²) in [5.74, 6) is -1.79. The second-order valence-electron chi connectivity index (χ2n) is 5.33. The van der Waals surface area contributed by atoms with Crippen molar-refractivity contribution in [3.05, 3.63) is 29.3 Å². The lowest BCUT2D eigenvalue weighted by Crippen LogP contribution is -2.30. The average Bonchev–Trinajstić information content (AvgIpc) is 2.86. The Morgan fingerprint density at radius 2 is 2.00 bits per heavy atom. The van der Waals surface area contributed by atoms with Gasteiger partial charge in [-0.05, 0) is 31.0 Å². The number of nitrogens with zero attached hydrogens (tertiary/aromatic N) is 1. The zero-order valence-electron chi connectivity index (χ0n) is 11.9. The van der Waals surface area contributed by atoms with Crippen molar-refractivity contribution in [2.45, 2.75) is 18.2 Å². The number of carbonyl (C=O) groups is 2. The maximum Gasteiger partial charge on any atom is 0.308 e. The van der Waals surface area contributed by atoms with Crippen molar-refractivity contribution in [1.29, 1.82) is 0 Å². The third-order valence-corrected chi connectivity index (χ3v) is 4.90. The summed E-state index contributed by atoms with van der Waals surface area (Å²) in [6, 6.07) is 4.52. The number of carboxylic acid groups (broad SMARTS) is 1. The van der Waals surface area contributed by atoms with Crippen molar-refractivity contribution in [1.82, 2.24) is 4.90 Å². The van der Waals surface area contributed by atoms with Crippen LogP contribution in [0.1, 0.15) is 22.3 Å². The number of hydrogen-bond donors (Lipinski definition) is 1. The molecule has 0 spiro atoms. The van der Waals surface area contributed by atoms with Crippen LogP contribution in [0.5, 0.6) is 0 Å². The number of rotatable bonds is 3. The van der Waals surface area contributed by atoms with Gasteiger partial charge in [-0.25, -0.2) is 8.42 Å². The Labute approximate surface area is 123 Å². The molecule has 1 aromatic carbocycles. The van der Waals surface area contributed by atoms with E-state index < -0.39 is 21.7 Å². The molecular weight excluding hydrogens is 294 g/mol. The minimum Gasteiger partial charge on any atom is -0.481 e. The second kappa shape index (κ2) is 5.48. The van der Waals surface area contributed by atoms with Gasteiger partial charge in [-0.15, -0.1) is 0 Å². The van der Waals surface area contributed by atoms with Crippen LogP contribution in [0.25, 0.3) is 0 Å². The van der Waals surface area contributed by atoms with Gasteiger partial charge in [0.15, 0.2) is 9.84 Å². The summed E-state index contributed by atoms with van der Waals surface area (Å²) < 4.78 is 23.4. The Hall–Kier alpha value is -1.89. The molecule has 0 aliphatic carbocycles. The summed E-state index contributed by atoms with van der Waals surface area (Å²) >= 11 is 0. The molecule has 7 heteroatoms. The fraction of sp³-hybridized carbons (Fsp3) is 0.429. The molecule has 0 radical (unpaired) electrons. The molecule has 114 valence electrons. The van der Waals surface area contributed by atoms with E-state index in [0.29, 0.717) is 18.5 Å². The Balaban J connectivity index is 2.27. The number of sulfone groups is 1. The van der Waals surface area contributed by atoms with Gasteiger partial charge in [0.05, 0.1) is 10.8 Å². The third-order valence-electron chi connectivity index (χ3n) is 3.66. The molecular formula is C14H17NO5S. The number of carbonyl (C=O) groups excluding carboxylic acids is 1. The topological polar surface area (TPSA) is 91.8 Å². The van der Waals surface area contributed by atoms with Crippen LogP contribution in [0.2, 0.25) is 0 Å². The van der Waals surface area contributed by atoms with E-state index >= 15 is 0 Å². The van der Waals surface area contributed by atoms with Crippen molar-refractivity contribution in [2.24, 2.45) is 5.92 Å². The molecule has 1 aromatic rings. The van der Waals surface area contributed by atoms with Gasteiger partial charge in [-0.2, -0.15) is 0 Å². The lowest BCUT2D eigenvalue weighted by molar-refractivity contribution is -0.141. The molecule has 0 unspecified atom stereocenters. The van der Waals surface area contributed by atoms with Crippen LogP contribution in [0.15, 0.2) is 23.1 Å². The minimum atomic E-state index is -3.40. The lowest BCUT2D eigenvalue weighted by Gasteiger charge is -2.16. The van der Waals surface area contributed by atoms with E-state index in [9.17, 15) is 18.0 Å². The summed E-state index contributed by atoms with van der Waals surface area (Å²) in [7, 11) is -3.40. The number of benzene rings is 1. The van der Waals surface area contributed by atoms with Crippen molar-refractivity contribution in [3.8, 4) is 0 Å². The van der Waals surface area contributed by atoms with Gasteiger partial charge in [0.2, 0.25) is 0 Å². The molecule has 1 amide bonds. The van der Waals surface area contributed by atoms with Gasteiger partial charge in [-0.3, -0.25) is 9.59 Å². The van der Waals surface area contributed by atoms with Crippen LogP contribution in [-0.2, 0) is 14.6 Å². The highest BCUT2D eigenvalue weighted by atomic mass is 32.2. The van der Waals surface area contributed by atoms with Crippen LogP contribution >= 0.6 is 0 Å². The van der Waals surface area contributed by atoms with E-state index in [4.69, 9.17) is 5.11 Å². The average molecular weight is 311 g/mol. The summed E-state index contributed by atoms with van der Waals surface area (Å²) in [5.41, 5.74) is 0.853. The number of amides is 1. The fourth-order valence-electron chi connectivity index (χ4n) is 2.46. The molecule has 0 aromatic heterocycles. The summed E-state index contributed by atoms with van der Waals surface area (Å²) in [6.45, 7) is 2.20. The number of likely N-dealkylation sites (tertiary alicyclic amines) is 1. The van der Waals surface area contributed by atoms with Gasteiger partial charge in [0.25, 0.3) is 5.91 Å². The Kier molecular flexibility index (Phi) is 4.04. The molecule has 6 nitrogen and oxygen atoms in total. The SMILES string of the molecule is Cc1ccc(C(=O)N2CC[C@H](C(=O)O)C2)cc1S(C)(=O)=O. The predicted molar refractivity (Wildman–Crippen MR) is 75.9 cm³/mol. The monoisotopic (exact) mass is 311 g/mol. The lowest BCUT2D eigenvalue weighted by atomic mass is 10.1. The highest BCUT2D eigenvalue weighted by molar-refractivity contribution is 7.90. The molecule has 0 bridgehead atoms. The van der Waals surface area contributed by atoms with Crippen LogP contribution in [0.3, 0.4) is 0 Å². The van der Waals surface area contributed by atoms with Crippen LogP contribution < -0.4 is 0 Å². The maximum absolute atomic E-state index is 12.3. The molecule has 0 saturated carbocycles.